The molecule has 1 aliphatic heterocycles. The Morgan fingerprint density at radius 2 is 1.79 bits per heavy atom. The van der Waals surface area contributed by atoms with Crippen LogP contribution in [0.5, 0.6) is 0 Å². The van der Waals surface area contributed by atoms with Crippen LogP contribution in [0, 0.1) is 28.6 Å². The summed E-state index contributed by atoms with van der Waals surface area (Å²) in [5.74, 6) is 1.13. The van der Waals surface area contributed by atoms with Crippen molar-refractivity contribution in [3.05, 3.63) is 47.7 Å². The molecule has 4 heteroatoms. The van der Waals surface area contributed by atoms with Crippen molar-refractivity contribution in [3.63, 3.8) is 0 Å². The minimum Gasteiger partial charge on any atom is -0.312 e. The summed E-state index contributed by atoms with van der Waals surface area (Å²) in [6.07, 6.45) is 6.15. The number of allylic oxidation sites excluding steroid dienone is 2. The maximum atomic E-state index is 13.4. The highest BCUT2D eigenvalue weighted by Gasteiger charge is 2.62. The lowest BCUT2D eigenvalue weighted by Crippen LogP contribution is -2.57. The Labute approximate surface area is 172 Å². The summed E-state index contributed by atoms with van der Waals surface area (Å²) in [5, 5.41) is 0. The molecule has 0 aromatic heterocycles. The Balaban J connectivity index is 1.53. The average molecular weight is 392 g/mol. The van der Waals surface area contributed by atoms with E-state index in [4.69, 9.17) is 0 Å². The third-order valence-electron chi connectivity index (χ3n) is 8.46. The molecule has 29 heavy (non-hydrogen) atoms. The van der Waals surface area contributed by atoms with Gasteiger partial charge in [-0.15, -0.1) is 0 Å². The predicted molar refractivity (Wildman–Crippen MR) is 109 cm³/mol. The van der Waals surface area contributed by atoms with E-state index in [1.807, 2.05) is 42.2 Å². The Morgan fingerprint density at radius 3 is 2.55 bits per heavy atom. The van der Waals surface area contributed by atoms with Crippen LogP contribution >= 0.6 is 0 Å². The second-order valence-corrected chi connectivity index (χ2v) is 9.98. The lowest BCUT2D eigenvalue weighted by Gasteiger charge is -2.56. The first-order valence-electron chi connectivity index (χ1n) is 11.0. The van der Waals surface area contributed by atoms with Gasteiger partial charge in [-0.1, -0.05) is 50.3 Å². The maximum Gasteiger partial charge on any atom is 0.227 e. The number of carbonyl (C=O) groups is 3. The zero-order valence-electron chi connectivity index (χ0n) is 17.3. The van der Waals surface area contributed by atoms with Crippen LogP contribution in [0.4, 0.5) is 0 Å². The Kier molecular flexibility index (Phi) is 4.13. The second-order valence-electron chi connectivity index (χ2n) is 9.98. The van der Waals surface area contributed by atoms with E-state index in [2.05, 4.69) is 13.0 Å². The molecule has 1 aromatic carbocycles. The fourth-order valence-electron chi connectivity index (χ4n) is 7.00. The van der Waals surface area contributed by atoms with Gasteiger partial charge in [-0.2, -0.15) is 0 Å². The van der Waals surface area contributed by atoms with E-state index in [1.165, 1.54) is 0 Å². The number of piperidine rings is 1. The maximum absolute atomic E-state index is 13.4. The molecule has 0 N–H and O–H groups in total. The van der Waals surface area contributed by atoms with Crippen LogP contribution in [0.3, 0.4) is 0 Å². The van der Waals surface area contributed by atoms with Gasteiger partial charge in [0.05, 0.1) is 6.54 Å². The molecule has 4 aliphatic rings. The number of amides is 1. The van der Waals surface area contributed by atoms with Crippen LogP contribution in [0.1, 0.15) is 57.9 Å². The lowest BCUT2D eigenvalue weighted by atomic mass is 9.49. The van der Waals surface area contributed by atoms with Crippen molar-refractivity contribution in [3.8, 4) is 0 Å². The molecule has 3 unspecified atom stereocenters. The van der Waals surface area contributed by atoms with E-state index in [1.54, 1.807) is 0 Å². The van der Waals surface area contributed by atoms with Crippen molar-refractivity contribution in [1.82, 2.24) is 4.90 Å². The predicted octanol–water partition coefficient (Wildman–Crippen LogP) is 4.29. The molecule has 4 nitrogen and oxygen atoms in total. The van der Waals surface area contributed by atoms with E-state index < -0.39 is 5.41 Å². The number of hydrogen-bond donors (Lipinski definition) is 0. The SMILES string of the molecule is CC12CC(=O)[C@H]3C(CC=C4N(Cc5ccccc5)C(=O)CCC43C)[C@@H]1CCC2=O. The van der Waals surface area contributed by atoms with Crippen LogP contribution in [0.25, 0.3) is 0 Å². The molecule has 1 amide bonds. The molecular formula is C25H29NO3. The van der Waals surface area contributed by atoms with Crippen LogP contribution in [-0.2, 0) is 20.9 Å². The second kappa shape index (κ2) is 6.38. The number of nitrogens with zero attached hydrogens (tertiary/aromatic N) is 1. The summed E-state index contributed by atoms with van der Waals surface area (Å²) in [6, 6.07) is 10.1. The number of carbonyl (C=O) groups excluding carboxylic acids is 3. The van der Waals surface area contributed by atoms with Gasteiger partial charge in [-0.05, 0) is 36.7 Å². The molecule has 5 atom stereocenters. The fraction of sp³-hybridized carbons (Fsp3) is 0.560. The highest BCUT2D eigenvalue weighted by Crippen LogP contribution is 2.62. The Morgan fingerprint density at radius 1 is 1.03 bits per heavy atom. The standard InChI is InChI=1S/C25H29NO3/c1-24-13-12-22(29)26(15-16-6-4-3-5-7-16)20(24)10-8-17-18-9-11-21(28)25(18,2)14-19(27)23(17)24/h3-7,10,17-18,23H,8-9,11-15H2,1-2H3/t17?,18-,23+,24?,25?/m0/s1. The van der Waals surface area contributed by atoms with Gasteiger partial charge in [0.2, 0.25) is 5.91 Å². The first-order valence-corrected chi connectivity index (χ1v) is 11.0. The van der Waals surface area contributed by atoms with Gasteiger partial charge in [0.15, 0.2) is 0 Å². The third-order valence-corrected chi connectivity index (χ3v) is 8.46. The number of hydrogen-bond acceptors (Lipinski definition) is 3. The molecule has 1 saturated heterocycles. The van der Waals surface area contributed by atoms with Gasteiger partial charge in [0.1, 0.15) is 11.6 Å². The summed E-state index contributed by atoms with van der Waals surface area (Å²) < 4.78 is 0. The number of rotatable bonds is 2. The van der Waals surface area contributed by atoms with E-state index in [0.717, 1.165) is 30.5 Å². The third kappa shape index (κ3) is 2.60. The quantitative estimate of drug-likeness (QED) is 0.756. The topological polar surface area (TPSA) is 54.5 Å². The van der Waals surface area contributed by atoms with E-state index >= 15 is 0 Å². The van der Waals surface area contributed by atoms with Crippen LogP contribution < -0.4 is 0 Å². The Hall–Kier alpha value is -2.23. The zero-order chi connectivity index (χ0) is 20.4. The minimum atomic E-state index is -0.464. The summed E-state index contributed by atoms with van der Waals surface area (Å²) in [6.45, 7) is 4.78. The van der Waals surface area contributed by atoms with E-state index in [9.17, 15) is 14.4 Å². The smallest absolute Gasteiger partial charge is 0.227 e. The number of ketones is 2. The van der Waals surface area contributed by atoms with Gasteiger partial charge in [0, 0.05) is 41.7 Å². The highest BCUT2D eigenvalue weighted by atomic mass is 16.2. The summed E-state index contributed by atoms with van der Waals surface area (Å²) in [7, 11) is 0. The monoisotopic (exact) mass is 391 g/mol. The molecule has 2 saturated carbocycles. The minimum absolute atomic E-state index is 0.0714. The summed E-state index contributed by atoms with van der Waals surface area (Å²) in [4.78, 5) is 40.8. The largest absolute Gasteiger partial charge is 0.312 e. The first kappa shape index (κ1) is 18.8. The van der Waals surface area contributed by atoms with Crippen LogP contribution in [0.15, 0.2) is 42.1 Å². The molecule has 0 bridgehead atoms. The Bertz CT molecular complexity index is 919. The van der Waals surface area contributed by atoms with Crippen molar-refractivity contribution < 1.29 is 14.4 Å². The van der Waals surface area contributed by atoms with Crippen molar-refractivity contribution in [2.45, 2.75) is 58.9 Å². The molecule has 3 aliphatic carbocycles. The van der Waals surface area contributed by atoms with Crippen molar-refractivity contribution in [1.29, 1.82) is 0 Å². The van der Waals surface area contributed by atoms with Crippen LogP contribution in [0.2, 0.25) is 0 Å². The van der Waals surface area contributed by atoms with Crippen molar-refractivity contribution >= 4 is 17.5 Å². The van der Waals surface area contributed by atoms with Gasteiger partial charge in [-0.3, -0.25) is 14.4 Å². The molecule has 1 aromatic rings. The van der Waals surface area contributed by atoms with Crippen molar-refractivity contribution in [2.24, 2.45) is 28.6 Å². The number of fused-ring (bicyclic) bond motifs is 5. The summed E-state index contributed by atoms with van der Waals surface area (Å²) >= 11 is 0. The number of benzene rings is 1. The van der Waals surface area contributed by atoms with E-state index in [-0.39, 0.29) is 34.7 Å². The normalized spacial score (nSPS) is 39.0. The van der Waals surface area contributed by atoms with Gasteiger partial charge in [-0.25, -0.2) is 0 Å². The van der Waals surface area contributed by atoms with Gasteiger partial charge < -0.3 is 4.90 Å². The van der Waals surface area contributed by atoms with Crippen molar-refractivity contribution in [2.75, 3.05) is 0 Å². The molecule has 0 spiro atoms. The highest BCUT2D eigenvalue weighted by molar-refractivity contribution is 5.96. The zero-order valence-corrected chi connectivity index (χ0v) is 17.3. The number of likely N-dealkylation sites (tertiary alicyclic amines) is 1. The van der Waals surface area contributed by atoms with E-state index in [0.29, 0.717) is 31.7 Å². The fourth-order valence-corrected chi connectivity index (χ4v) is 7.00. The molecule has 1 heterocycles. The van der Waals surface area contributed by atoms with Crippen LogP contribution in [-0.4, -0.2) is 22.4 Å². The molecule has 152 valence electrons. The molecule has 5 rings (SSSR count). The summed E-state index contributed by atoms with van der Waals surface area (Å²) in [5.41, 5.74) is 1.38. The first-order chi connectivity index (χ1) is 13.8. The molecule has 0 radical (unpaired) electrons. The molecular weight excluding hydrogens is 362 g/mol. The van der Waals surface area contributed by atoms with Gasteiger partial charge >= 0.3 is 0 Å². The molecule has 3 fully saturated rings. The lowest BCUT2D eigenvalue weighted by molar-refractivity contribution is -0.152. The van der Waals surface area contributed by atoms with Gasteiger partial charge in [0.25, 0.3) is 0 Å². The average Bonchev–Trinajstić information content (AvgIpc) is 2.99. The number of Topliss-reactive ketones (excluding diaryl/α,β-unsaturated/α-hetero) is 2.